The average molecular weight is 445 g/mol. The normalized spacial score (nSPS) is 25.6. The molecule has 2 aromatic carbocycles. The zero-order valence-electron chi connectivity index (χ0n) is 16.5. The van der Waals surface area contributed by atoms with Gasteiger partial charge in [0.2, 0.25) is 5.79 Å². The second kappa shape index (κ2) is 7.45. The van der Waals surface area contributed by atoms with Gasteiger partial charge in [0.15, 0.2) is 0 Å². The molecule has 8 heteroatoms. The van der Waals surface area contributed by atoms with Crippen molar-refractivity contribution in [3.8, 4) is 5.75 Å². The molecule has 2 unspecified atom stereocenters. The van der Waals surface area contributed by atoms with Crippen molar-refractivity contribution in [2.24, 2.45) is 11.8 Å². The molecule has 0 radical (unpaired) electrons. The van der Waals surface area contributed by atoms with Crippen LogP contribution in [0.2, 0.25) is 10.0 Å². The predicted octanol–water partition coefficient (Wildman–Crippen LogP) is 4.79. The highest BCUT2D eigenvalue weighted by molar-refractivity contribution is 6.42. The van der Waals surface area contributed by atoms with Gasteiger partial charge in [-0.05, 0) is 48.2 Å². The van der Waals surface area contributed by atoms with Crippen LogP contribution in [0.1, 0.15) is 12.8 Å². The Balaban J connectivity index is 1.33. The van der Waals surface area contributed by atoms with Gasteiger partial charge in [-0.2, -0.15) is 0 Å². The van der Waals surface area contributed by atoms with E-state index < -0.39 is 5.79 Å². The Morgan fingerprint density at radius 3 is 2.50 bits per heavy atom. The first-order valence-corrected chi connectivity index (χ1v) is 10.7. The smallest absolute Gasteiger partial charge is 0.210 e. The van der Waals surface area contributed by atoms with E-state index in [2.05, 4.69) is 14.9 Å². The van der Waals surface area contributed by atoms with E-state index in [-0.39, 0.29) is 0 Å². The highest BCUT2D eigenvalue weighted by Gasteiger charge is 2.51. The fourth-order valence-corrected chi connectivity index (χ4v) is 5.09. The van der Waals surface area contributed by atoms with Gasteiger partial charge in [-0.15, -0.1) is 0 Å². The van der Waals surface area contributed by atoms with Gasteiger partial charge in [0.05, 0.1) is 15.6 Å². The largest absolute Gasteiger partial charge is 0.462 e. The van der Waals surface area contributed by atoms with Gasteiger partial charge in [0.25, 0.3) is 0 Å². The highest BCUT2D eigenvalue weighted by Crippen LogP contribution is 2.47. The van der Waals surface area contributed by atoms with E-state index in [9.17, 15) is 0 Å². The van der Waals surface area contributed by atoms with Gasteiger partial charge in [0, 0.05) is 44.1 Å². The number of nitrogens with zero attached hydrogens (tertiary/aromatic N) is 3. The van der Waals surface area contributed by atoms with Crippen molar-refractivity contribution in [1.29, 1.82) is 0 Å². The zero-order chi connectivity index (χ0) is 20.9. The SMILES string of the molecule is COC1(Oc2ccc3ncnc(N)c3c2)CC2CN(c3ccc(Cl)c(Cl)c3)CC2C1. The first-order chi connectivity index (χ1) is 14.5. The van der Waals surface area contributed by atoms with E-state index in [0.29, 0.717) is 33.4 Å². The van der Waals surface area contributed by atoms with E-state index >= 15 is 0 Å². The molecule has 2 heterocycles. The second-order valence-electron chi connectivity index (χ2n) is 8.09. The van der Waals surface area contributed by atoms with Crippen molar-refractivity contribution in [1.82, 2.24) is 9.97 Å². The summed E-state index contributed by atoms with van der Waals surface area (Å²) >= 11 is 12.3. The summed E-state index contributed by atoms with van der Waals surface area (Å²) in [6, 6.07) is 11.5. The summed E-state index contributed by atoms with van der Waals surface area (Å²) in [4.78, 5) is 10.7. The second-order valence-corrected chi connectivity index (χ2v) is 8.90. The molecule has 0 spiro atoms. The van der Waals surface area contributed by atoms with Gasteiger partial charge in [-0.25, -0.2) is 9.97 Å². The van der Waals surface area contributed by atoms with E-state index in [1.165, 1.54) is 6.33 Å². The molecule has 156 valence electrons. The number of hydrogen-bond donors (Lipinski definition) is 1. The number of ether oxygens (including phenoxy) is 2. The van der Waals surface area contributed by atoms with Gasteiger partial charge in [-0.3, -0.25) is 0 Å². The molecule has 5 rings (SSSR count). The number of rotatable bonds is 4. The van der Waals surface area contributed by atoms with E-state index in [4.69, 9.17) is 38.4 Å². The van der Waals surface area contributed by atoms with Gasteiger partial charge in [0.1, 0.15) is 17.9 Å². The van der Waals surface area contributed by atoms with Gasteiger partial charge < -0.3 is 20.1 Å². The summed E-state index contributed by atoms with van der Waals surface area (Å²) in [5.74, 6) is 1.48. The number of nitrogen functional groups attached to an aromatic ring is 1. The molecule has 2 N–H and O–H groups in total. The number of hydrogen-bond acceptors (Lipinski definition) is 6. The first-order valence-electron chi connectivity index (χ1n) is 9.91. The molecular weight excluding hydrogens is 423 g/mol. The number of nitrogens with two attached hydrogens (primary N) is 1. The topological polar surface area (TPSA) is 73.5 Å². The molecule has 2 fully saturated rings. The Morgan fingerprint density at radius 1 is 1.03 bits per heavy atom. The van der Waals surface area contributed by atoms with E-state index in [1.54, 1.807) is 7.11 Å². The lowest BCUT2D eigenvalue weighted by Gasteiger charge is -2.31. The lowest BCUT2D eigenvalue weighted by molar-refractivity contribution is -0.161. The van der Waals surface area contributed by atoms with Gasteiger partial charge in [-0.1, -0.05) is 23.2 Å². The maximum Gasteiger partial charge on any atom is 0.210 e. The number of benzene rings is 2. The average Bonchev–Trinajstić information content (AvgIpc) is 3.27. The minimum Gasteiger partial charge on any atom is -0.462 e. The quantitative estimate of drug-likeness (QED) is 0.583. The molecule has 2 aliphatic rings. The summed E-state index contributed by atoms with van der Waals surface area (Å²) in [5, 5.41) is 1.94. The summed E-state index contributed by atoms with van der Waals surface area (Å²) in [6.07, 6.45) is 3.11. The van der Waals surface area contributed by atoms with Crippen LogP contribution in [0, 0.1) is 11.8 Å². The van der Waals surface area contributed by atoms with Crippen molar-refractivity contribution < 1.29 is 9.47 Å². The van der Waals surface area contributed by atoms with Gasteiger partial charge >= 0.3 is 0 Å². The molecule has 6 nitrogen and oxygen atoms in total. The summed E-state index contributed by atoms with van der Waals surface area (Å²) in [6.45, 7) is 1.88. The Labute approximate surface area is 184 Å². The third-order valence-electron chi connectivity index (χ3n) is 6.30. The van der Waals surface area contributed by atoms with Crippen LogP contribution in [0.3, 0.4) is 0 Å². The van der Waals surface area contributed by atoms with Crippen LogP contribution in [0.15, 0.2) is 42.7 Å². The van der Waals surface area contributed by atoms with Crippen molar-refractivity contribution in [3.63, 3.8) is 0 Å². The maximum absolute atomic E-state index is 6.40. The molecule has 1 aliphatic carbocycles. The lowest BCUT2D eigenvalue weighted by atomic mass is 10.0. The number of anilines is 2. The molecule has 2 atom stereocenters. The fraction of sp³-hybridized carbons (Fsp3) is 0.364. The van der Waals surface area contributed by atoms with Crippen LogP contribution < -0.4 is 15.4 Å². The van der Waals surface area contributed by atoms with Crippen molar-refractivity contribution in [2.75, 3.05) is 30.8 Å². The molecule has 3 aromatic rings. The number of methoxy groups -OCH3 is 1. The molecule has 0 bridgehead atoms. The van der Waals surface area contributed by atoms with Crippen LogP contribution in [-0.4, -0.2) is 36.0 Å². The lowest BCUT2D eigenvalue weighted by Crippen LogP contribution is -2.37. The zero-order valence-corrected chi connectivity index (χ0v) is 18.0. The minimum atomic E-state index is -0.642. The summed E-state index contributed by atoms with van der Waals surface area (Å²) < 4.78 is 12.3. The number of aromatic nitrogens is 2. The third-order valence-corrected chi connectivity index (χ3v) is 7.04. The molecular formula is C22H22Cl2N4O2. The Hall–Kier alpha value is -2.28. The fourth-order valence-electron chi connectivity index (χ4n) is 4.80. The van der Waals surface area contributed by atoms with Crippen LogP contribution in [0.4, 0.5) is 11.5 Å². The predicted molar refractivity (Wildman–Crippen MR) is 119 cm³/mol. The summed E-state index contributed by atoms with van der Waals surface area (Å²) in [5.41, 5.74) is 7.90. The molecule has 1 aromatic heterocycles. The van der Waals surface area contributed by atoms with Crippen LogP contribution in [0.5, 0.6) is 5.75 Å². The van der Waals surface area contributed by atoms with Crippen LogP contribution in [0.25, 0.3) is 10.9 Å². The standard InChI is InChI=1S/C22H22Cl2N4O2/c1-29-22(30-16-3-5-20-17(7-16)21(25)27-12-26-20)8-13-10-28(11-14(13)9-22)15-2-4-18(23)19(24)6-15/h2-7,12-14H,8-11H2,1H3,(H2,25,26,27). The monoisotopic (exact) mass is 444 g/mol. The van der Waals surface area contributed by atoms with Crippen molar-refractivity contribution in [2.45, 2.75) is 18.6 Å². The molecule has 1 saturated heterocycles. The van der Waals surface area contributed by atoms with Crippen molar-refractivity contribution in [3.05, 3.63) is 52.8 Å². The Bertz CT molecular complexity index is 1100. The number of halogens is 2. The van der Waals surface area contributed by atoms with E-state index in [1.807, 2.05) is 36.4 Å². The highest BCUT2D eigenvalue weighted by atomic mass is 35.5. The van der Waals surface area contributed by atoms with Crippen LogP contribution >= 0.6 is 23.2 Å². The molecule has 30 heavy (non-hydrogen) atoms. The summed E-state index contributed by atoms with van der Waals surface area (Å²) in [7, 11) is 1.72. The molecule has 1 aliphatic heterocycles. The van der Waals surface area contributed by atoms with E-state index in [0.717, 1.165) is 42.5 Å². The first kappa shape index (κ1) is 19.7. The number of fused-ring (bicyclic) bond motifs is 2. The molecule has 0 amide bonds. The molecule has 1 saturated carbocycles. The van der Waals surface area contributed by atoms with Crippen molar-refractivity contribution >= 4 is 45.6 Å². The Kier molecular flexibility index (Phi) is 4.88. The maximum atomic E-state index is 6.40. The van der Waals surface area contributed by atoms with Crippen LogP contribution in [-0.2, 0) is 4.74 Å². The Morgan fingerprint density at radius 2 is 1.80 bits per heavy atom. The third kappa shape index (κ3) is 3.43. The minimum absolute atomic E-state index is 0.442.